The average Bonchev–Trinajstić information content (AvgIpc) is 2.95. The first-order valence-corrected chi connectivity index (χ1v) is 14.6. The summed E-state index contributed by atoms with van der Waals surface area (Å²) in [5.41, 5.74) is 1.57. The number of benzene rings is 2. The lowest BCUT2D eigenvalue weighted by atomic mass is 9.73. The van der Waals surface area contributed by atoms with E-state index in [2.05, 4.69) is 37.3 Å². The van der Waals surface area contributed by atoms with Gasteiger partial charge < -0.3 is 9.84 Å². The molecule has 1 saturated carbocycles. The highest BCUT2D eigenvalue weighted by Crippen LogP contribution is 2.41. The second kappa shape index (κ2) is 14.9. The fraction of sp³-hybridized carbons (Fsp3) is 0.576. The molecule has 206 valence electrons. The fourth-order valence-electron chi connectivity index (χ4n) is 5.73. The molecule has 0 aromatic heterocycles. The Kier molecular flexibility index (Phi) is 11.6. The summed E-state index contributed by atoms with van der Waals surface area (Å²) in [5, 5.41) is 19.4. The molecule has 2 atom stereocenters. The summed E-state index contributed by atoms with van der Waals surface area (Å²) in [4.78, 5) is 12.0. The first kappa shape index (κ1) is 29.7. The predicted octanol–water partition coefficient (Wildman–Crippen LogP) is 8.91. The van der Waals surface area contributed by atoms with Crippen LogP contribution in [0.15, 0.2) is 42.5 Å². The first-order chi connectivity index (χ1) is 18.4. The lowest BCUT2D eigenvalue weighted by Gasteiger charge is -2.35. The Morgan fingerprint density at radius 3 is 2.42 bits per heavy atom. The van der Waals surface area contributed by atoms with Gasteiger partial charge >= 0.3 is 5.97 Å². The summed E-state index contributed by atoms with van der Waals surface area (Å²) in [6, 6.07) is 16.3. The standard InChI is InChI=1S/C33H44FNO3/c1-3-5-6-10-21-38-31-20-19-28(22-29(31)24-35)27-17-15-26(16-18-27)14-13-25(4-2)23-33(34,32(36)37)30-11-8-7-9-12-30/h15-20,22,25,30H,3-14,21,23H2,1-2H3,(H,36,37)/t25?,33-/m0/s1. The number of alkyl halides is 1. The summed E-state index contributed by atoms with van der Waals surface area (Å²) in [6.45, 7) is 4.83. The van der Waals surface area contributed by atoms with Gasteiger partial charge in [0, 0.05) is 5.92 Å². The van der Waals surface area contributed by atoms with Crippen LogP contribution >= 0.6 is 0 Å². The van der Waals surface area contributed by atoms with E-state index in [0.717, 1.165) is 68.1 Å². The Hall–Kier alpha value is -2.87. The third-order valence-corrected chi connectivity index (χ3v) is 8.25. The number of aryl methyl sites for hydroxylation is 1. The number of hydrogen-bond acceptors (Lipinski definition) is 3. The van der Waals surface area contributed by atoms with Crippen molar-refractivity contribution in [1.82, 2.24) is 0 Å². The van der Waals surface area contributed by atoms with Gasteiger partial charge in [-0.1, -0.05) is 89.1 Å². The van der Waals surface area contributed by atoms with Crippen LogP contribution < -0.4 is 4.74 Å². The first-order valence-electron chi connectivity index (χ1n) is 14.6. The van der Waals surface area contributed by atoms with E-state index in [-0.39, 0.29) is 18.3 Å². The number of rotatable bonds is 15. The molecule has 3 rings (SSSR count). The molecule has 1 unspecified atom stereocenters. The van der Waals surface area contributed by atoms with Crippen LogP contribution in [0.5, 0.6) is 5.75 Å². The molecule has 2 aromatic rings. The lowest BCUT2D eigenvalue weighted by Crippen LogP contribution is -2.44. The Balaban J connectivity index is 1.59. The Morgan fingerprint density at radius 2 is 1.79 bits per heavy atom. The van der Waals surface area contributed by atoms with Gasteiger partial charge in [-0.05, 0) is 73.3 Å². The number of carboxylic acid groups (broad SMARTS) is 1. The zero-order valence-electron chi connectivity index (χ0n) is 23.2. The Labute approximate surface area is 228 Å². The molecule has 1 aliphatic rings. The quantitative estimate of drug-likeness (QED) is 0.238. The van der Waals surface area contributed by atoms with E-state index in [9.17, 15) is 15.2 Å². The topological polar surface area (TPSA) is 70.3 Å². The summed E-state index contributed by atoms with van der Waals surface area (Å²) in [6.07, 6.45) is 11.2. The number of unbranched alkanes of at least 4 members (excludes halogenated alkanes) is 3. The zero-order valence-corrected chi connectivity index (χ0v) is 23.2. The van der Waals surface area contributed by atoms with Crippen LogP contribution in [0.25, 0.3) is 11.1 Å². The van der Waals surface area contributed by atoms with Crippen molar-refractivity contribution < 1.29 is 19.0 Å². The summed E-state index contributed by atoms with van der Waals surface area (Å²) in [5.74, 6) is -0.978. The molecule has 0 amide bonds. The maximum Gasteiger partial charge on any atom is 0.341 e. The van der Waals surface area contributed by atoms with E-state index in [0.29, 0.717) is 30.8 Å². The van der Waals surface area contributed by atoms with Crippen molar-refractivity contribution in [3.8, 4) is 22.9 Å². The maximum atomic E-state index is 15.8. The van der Waals surface area contributed by atoms with Crippen LogP contribution in [0.4, 0.5) is 4.39 Å². The third-order valence-electron chi connectivity index (χ3n) is 8.25. The van der Waals surface area contributed by atoms with E-state index in [1.165, 1.54) is 12.8 Å². The van der Waals surface area contributed by atoms with Crippen molar-refractivity contribution in [2.45, 2.75) is 103 Å². The van der Waals surface area contributed by atoms with E-state index in [1.54, 1.807) is 0 Å². The molecule has 1 fully saturated rings. The molecule has 1 aliphatic carbocycles. The maximum absolute atomic E-state index is 15.8. The van der Waals surface area contributed by atoms with Crippen molar-refractivity contribution in [3.05, 3.63) is 53.6 Å². The van der Waals surface area contributed by atoms with Gasteiger partial charge in [0.15, 0.2) is 0 Å². The van der Waals surface area contributed by atoms with Gasteiger partial charge in [0.1, 0.15) is 11.8 Å². The highest BCUT2D eigenvalue weighted by Gasteiger charge is 2.47. The molecular weight excluding hydrogens is 477 g/mol. The van der Waals surface area contributed by atoms with Crippen LogP contribution in [0.3, 0.4) is 0 Å². The molecule has 0 aliphatic heterocycles. The number of halogens is 1. The van der Waals surface area contributed by atoms with E-state index in [4.69, 9.17) is 4.74 Å². The molecular formula is C33H44FNO3. The van der Waals surface area contributed by atoms with Gasteiger partial charge in [-0.2, -0.15) is 5.26 Å². The number of nitrogens with zero attached hydrogens (tertiary/aromatic N) is 1. The van der Waals surface area contributed by atoms with Gasteiger partial charge in [0.25, 0.3) is 0 Å². The Bertz CT molecular complexity index is 1050. The molecule has 0 saturated heterocycles. The van der Waals surface area contributed by atoms with Crippen LogP contribution in [0.2, 0.25) is 0 Å². The van der Waals surface area contributed by atoms with Gasteiger partial charge in [0.2, 0.25) is 5.67 Å². The summed E-state index contributed by atoms with van der Waals surface area (Å²) >= 11 is 0. The molecule has 5 heteroatoms. The van der Waals surface area contributed by atoms with Crippen LogP contribution in [0.1, 0.15) is 102 Å². The number of aliphatic carboxylic acids is 1. The second-order valence-electron chi connectivity index (χ2n) is 10.9. The van der Waals surface area contributed by atoms with Crippen molar-refractivity contribution in [2.24, 2.45) is 11.8 Å². The molecule has 38 heavy (non-hydrogen) atoms. The van der Waals surface area contributed by atoms with Crippen molar-refractivity contribution in [2.75, 3.05) is 6.61 Å². The van der Waals surface area contributed by atoms with E-state index >= 15 is 4.39 Å². The van der Waals surface area contributed by atoms with Crippen LogP contribution in [0, 0.1) is 23.2 Å². The van der Waals surface area contributed by atoms with Crippen molar-refractivity contribution in [3.63, 3.8) is 0 Å². The smallest absolute Gasteiger partial charge is 0.341 e. The monoisotopic (exact) mass is 521 g/mol. The van der Waals surface area contributed by atoms with Crippen LogP contribution in [-0.2, 0) is 11.2 Å². The molecule has 0 heterocycles. The molecule has 1 N–H and O–H groups in total. The van der Waals surface area contributed by atoms with Crippen molar-refractivity contribution in [1.29, 1.82) is 5.26 Å². The largest absolute Gasteiger partial charge is 0.492 e. The minimum absolute atomic E-state index is 0.0328. The second-order valence-corrected chi connectivity index (χ2v) is 10.9. The number of ether oxygens (including phenoxy) is 1. The molecule has 2 aromatic carbocycles. The highest BCUT2D eigenvalue weighted by atomic mass is 19.1. The van der Waals surface area contributed by atoms with Gasteiger partial charge in [-0.3, -0.25) is 0 Å². The molecule has 0 spiro atoms. The minimum atomic E-state index is -2.12. The molecule has 4 nitrogen and oxygen atoms in total. The molecule has 0 bridgehead atoms. The number of carbonyl (C=O) groups is 1. The van der Waals surface area contributed by atoms with Gasteiger partial charge in [-0.25, -0.2) is 9.18 Å². The normalized spacial score (nSPS) is 16.4. The van der Waals surface area contributed by atoms with E-state index < -0.39 is 11.6 Å². The van der Waals surface area contributed by atoms with E-state index in [1.807, 2.05) is 25.1 Å². The minimum Gasteiger partial charge on any atom is -0.492 e. The summed E-state index contributed by atoms with van der Waals surface area (Å²) < 4.78 is 21.6. The molecule has 0 radical (unpaired) electrons. The zero-order chi connectivity index (χ0) is 27.4. The average molecular weight is 522 g/mol. The SMILES string of the molecule is CCCCCCOc1ccc(-c2ccc(CCC(CC)C[C@@](F)(C(=O)O)C3CCCCC3)cc2)cc1C#N. The number of nitriles is 1. The lowest BCUT2D eigenvalue weighted by molar-refractivity contribution is -0.158. The number of carboxylic acids is 1. The number of hydrogen-bond donors (Lipinski definition) is 1. The fourth-order valence-corrected chi connectivity index (χ4v) is 5.73. The van der Waals surface area contributed by atoms with Gasteiger partial charge in [-0.15, -0.1) is 0 Å². The third kappa shape index (κ3) is 8.06. The summed E-state index contributed by atoms with van der Waals surface area (Å²) in [7, 11) is 0. The Morgan fingerprint density at radius 1 is 1.08 bits per heavy atom. The highest BCUT2D eigenvalue weighted by molar-refractivity contribution is 5.77. The predicted molar refractivity (Wildman–Crippen MR) is 151 cm³/mol. The van der Waals surface area contributed by atoms with Crippen molar-refractivity contribution >= 4 is 5.97 Å². The van der Waals surface area contributed by atoms with Crippen LogP contribution in [-0.4, -0.2) is 23.4 Å². The van der Waals surface area contributed by atoms with Gasteiger partial charge in [0.05, 0.1) is 12.2 Å².